The fourth-order valence-electron chi connectivity index (χ4n) is 0.795. The van der Waals surface area contributed by atoms with Gasteiger partial charge in [-0.15, -0.1) is 12.4 Å². The fraction of sp³-hybridized carbons (Fsp3) is 0.143. The third kappa shape index (κ3) is 3.06. The molecule has 0 aliphatic heterocycles. The molecular formula is C7H9Cl2IN2. The summed E-state index contributed by atoms with van der Waals surface area (Å²) in [5.74, 6) is 5.18. The lowest BCUT2D eigenvalue weighted by Gasteiger charge is -2.03. The maximum atomic E-state index is 5.87. The van der Waals surface area contributed by atoms with Gasteiger partial charge in [-0.05, 0) is 34.2 Å². The Morgan fingerprint density at radius 1 is 1.50 bits per heavy atom. The van der Waals surface area contributed by atoms with Crippen molar-refractivity contribution in [2.45, 2.75) is 6.54 Å². The Bertz CT molecular complexity index is 255. The van der Waals surface area contributed by atoms with Crippen LogP contribution in [0.15, 0.2) is 18.2 Å². The van der Waals surface area contributed by atoms with Crippen LogP contribution in [0.2, 0.25) is 5.02 Å². The highest BCUT2D eigenvalue weighted by atomic mass is 127. The zero-order valence-corrected chi connectivity index (χ0v) is 9.91. The zero-order valence-electron chi connectivity index (χ0n) is 6.18. The number of nitrogens with one attached hydrogen (secondary N) is 1. The largest absolute Gasteiger partial charge is 0.271 e. The molecule has 0 aromatic heterocycles. The lowest BCUT2D eigenvalue weighted by molar-refractivity contribution is 0.739. The van der Waals surface area contributed by atoms with Crippen LogP contribution in [0.5, 0.6) is 0 Å². The molecule has 0 saturated heterocycles. The van der Waals surface area contributed by atoms with Crippen molar-refractivity contribution in [3.05, 3.63) is 32.4 Å². The van der Waals surface area contributed by atoms with Gasteiger partial charge in [-0.2, -0.15) is 0 Å². The summed E-state index contributed by atoms with van der Waals surface area (Å²) in [6.45, 7) is 0.652. The second-order valence-electron chi connectivity index (χ2n) is 2.09. The first kappa shape index (κ1) is 12.4. The summed E-state index contributed by atoms with van der Waals surface area (Å²) in [5, 5.41) is 0.776. The summed E-state index contributed by atoms with van der Waals surface area (Å²) < 4.78 is 1.06. The molecule has 2 nitrogen and oxygen atoms in total. The molecule has 1 aromatic rings. The van der Waals surface area contributed by atoms with Crippen LogP contribution in [0.3, 0.4) is 0 Å². The molecule has 0 bridgehead atoms. The summed E-state index contributed by atoms with van der Waals surface area (Å²) >= 11 is 8.07. The van der Waals surface area contributed by atoms with E-state index in [1.807, 2.05) is 18.2 Å². The van der Waals surface area contributed by atoms with E-state index in [1.54, 1.807) is 0 Å². The van der Waals surface area contributed by atoms with E-state index < -0.39 is 0 Å². The average Bonchev–Trinajstić information content (AvgIpc) is 1.99. The number of nitrogens with two attached hydrogens (primary N) is 1. The van der Waals surface area contributed by atoms with Gasteiger partial charge in [0.2, 0.25) is 0 Å². The molecule has 0 fully saturated rings. The predicted molar refractivity (Wildman–Crippen MR) is 62.4 cm³/mol. The lowest BCUT2D eigenvalue weighted by atomic mass is 10.2. The molecule has 0 spiro atoms. The number of hydrogen-bond acceptors (Lipinski definition) is 2. The van der Waals surface area contributed by atoms with Crippen LogP contribution in [0.1, 0.15) is 5.56 Å². The van der Waals surface area contributed by atoms with Crippen LogP contribution in [0.4, 0.5) is 0 Å². The Kier molecular flexibility index (Phi) is 6.21. The Balaban J connectivity index is 0.00000121. The maximum Gasteiger partial charge on any atom is 0.0542 e. The van der Waals surface area contributed by atoms with Gasteiger partial charge in [0.05, 0.1) is 5.02 Å². The monoisotopic (exact) mass is 318 g/mol. The van der Waals surface area contributed by atoms with Crippen molar-refractivity contribution in [3.8, 4) is 0 Å². The molecule has 0 saturated carbocycles. The van der Waals surface area contributed by atoms with E-state index in [-0.39, 0.29) is 12.4 Å². The van der Waals surface area contributed by atoms with E-state index in [1.165, 1.54) is 0 Å². The minimum atomic E-state index is 0. The molecule has 68 valence electrons. The van der Waals surface area contributed by atoms with Crippen LogP contribution >= 0.6 is 46.6 Å². The van der Waals surface area contributed by atoms with Crippen LogP contribution in [-0.2, 0) is 6.54 Å². The number of benzene rings is 1. The van der Waals surface area contributed by atoms with Gasteiger partial charge >= 0.3 is 0 Å². The summed E-state index contributed by atoms with van der Waals surface area (Å²) in [5.41, 5.74) is 3.71. The quantitative estimate of drug-likeness (QED) is 0.499. The highest BCUT2D eigenvalue weighted by molar-refractivity contribution is 14.1. The maximum absolute atomic E-state index is 5.87. The molecule has 0 unspecified atom stereocenters. The normalized spacial score (nSPS) is 9.25. The topological polar surface area (TPSA) is 38.0 Å². The van der Waals surface area contributed by atoms with Gasteiger partial charge < -0.3 is 0 Å². The Hall–Kier alpha value is 0.450. The van der Waals surface area contributed by atoms with E-state index in [9.17, 15) is 0 Å². The highest BCUT2D eigenvalue weighted by Crippen LogP contribution is 2.21. The van der Waals surface area contributed by atoms with Crippen molar-refractivity contribution in [2.24, 2.45) is 5.84 Å². The number of hydrogen-bond donors (Lipinski definition) is 2. The van der Waals surface area contributed by atoms with E-state index in [4.69, 9.17) is 17.4 Å². The summed E-state index contributed by atoms with van der Waals surface area (Å²) in [6.07, 6.45) is 0. The number of rotatable bonds is 2. The van der Waals surface area contributed by atoms with Crippen molar-refractivity contribution in [3.63, 3.8) is 0 Å². The van der Waals surface area contributed by atoms with E-state index in [0.29, 0.717) is 6.54 Å². The van der Waals surface area contributed by atoms with Gasteiger partial charge in [0.25, 0.3) is 0 Å². The highest BCUT2D eigenvalue weighted by Gasteiger charge is 2.01. The number of halogens is 3. The summed E-state index contributed by atoms with van der Waals surface area (Å²) in [6, 6.07) is 5.77. The SMILES string of the molecule is Cl.NNCc1cccc(Cl)c1I. The second kappa shape index (κ2) is 5.99. The smallest absolute Gasteiger partial charge is 0.0542 e. The molecule has 0 aliphatic rings. The zero-order chi connectivity index (χ0) is 8.27. The van der Waals surface area contributed by atoms with Crippen molar-refractivity contribution in [1.82, 2.24) is 5.43 Å². The standard InChI is InChI=1S/C7H8ClIN2.ClH/c8-6-3-1-2-5(4-11-10)7(6)9;/h1-3,11H,4,10H2;1H. The van der Waals surface area contributed by atoms with Crippen LogP contribution in [0.25, 0.3) is 0 Å². The molecule has 0 heterocycles. The molecule has 12 heavy (non-hydrogen) atoms. The molecule has 5 heteroatoms. The molecule has 0 radical (unpaired) electrons. The van der Waals surface area contributed by atoms with Gasteiger partial charge in [0.1, 0.15) is 0 Å². The molecule has 0 aliphatic carbocycles. The first-order chi connectivity index (χ1) is 5.25. The van der Waals surface area contributed by atoms with Gasteiger partial charge in [0, 0.05) is 10.1 Å². The Morgan fingerprint density at radius 2 is 2.17 bits per heavy atom. The van der Waals surface area contributed by atoms with Crippen LogP contribution < -0.4 is 11.3 Å². The van der Waals surface area contributed by atoms with E-state index in [0.717, 1.165) is 14.2 Å². The first-order valence-corrected chi connectivity index (χ1v) is 4.57. The fourth-order valence-corrected chi connectivity index (χ4v) is 1.54. The Labute approximate surface area is 96.4 Å². The van der Waals surface area contributed by atoms with Crippen LogP contribution in [-0.4, -0.2) is 0 Å². The molecular weight excluding hydrogens is 310 g/mol. The molecule has 3 N–H and O–H groups in total. The van der Waals surface area contributed by atoms with E-state index in [2.05, 4.69) is 28.0 Å². The van der Waals surface area contributed by atoms with Crippen LogP contribution in [0, 0.1) is 3.57 Å². The van der Waals surface area contributed by atoms with Crippen molar-refractivity contribution < 1.29 is 0 Å². The summed E-state index contributed by atoms with van der Waals surface area (Å²) in [4.78, 5) is 0. The van der Waals surface area contributed by atoms with Crippen molar-refractivity contribution in [2.75, 3.05) is 0 Å². The third-order valence-corrected chi connectivity index (χ3v) is 3.23. The van der Waals surface area contributed by atoms with Gasteiger partial charge in [0.15, 0.2) is 0 Å². The minimum Gasteiger partial charge on any atom is -0.271 e. The molecule has 1 rings (SSSR count). The van der Waals surface area contributed by atoms with Gasteiger partial charge in [-0.3, -0.25) is 11.3 Å². The van der Waals surface area contributed by atoms with Crippen molar-refractivity contribution in [1.29, 1.82) is 0 Å². The lowest BCUT2D eigenvalue weighted by Crippen LogP contribution is -2.21. The number of hydrazine groups is 1. The molecule has 0 amide bonds. The second-order valence-corrected chi connectivity index (χ2v) is 3.58. The first-order valence-electron chi connectivity index (χ1n) is 3.12. The Morgan fingerprint density at radius 3 is 2.75 bits per heavy atom. The average molecular weight is 319 g/mol. The minimum absolute atomic E-state index is 0. The van der Waals surface area contributed by atoms with Gasteiger partial charge in [-0.1, -0.05) is 23.7 Å². The van der Waals surface area contributed by atoms with Gasteiger partial charge in [-0.25, -0.2) is 0 Å². The molecule has 1 aromatic carbocycles. The predicted octanol–water partition coefficient (Wildman–Crippen LogP) is 2.33. The van der Waals surface area contributed by atoms with Crippen molar-refractivity contribution >= 4 is 46.6 Å². The molecule has 0 atom stereocenters. The van der Waals surface area contributed by atoms with E-state index >= 15 is 0 Å². The third-order valence-electron chi connectivity index (χ3n) is 1.32. The summed E-state index contributed by atoms with van der Waals surface area (Å²) in [7, 11) is 0.